The van der Waals surface area contributed by atoms with Crippen molar-refractivity contribution in [1.82, 2.24) is 10.6 Å². The van der Waals surface area contributed by atoms with Crippen LogP contribution in [0.25, 0.3) is 0 Å². The van der Waals surface area contributed by atoms with E-state index in [0.717, 1.165) is 12.8 Å². The van der Waals surface area contributed by atoms with Crippen LogP contribution in [0.2, 0.25) is 0 Å². The molecule has 1 aliphatic rings. The van der Waals surface area contributed by atoms with Gasteiger partial charge in [0, 0.05) is 25.9 Å². The van der Waals surface area contributed by atoms with Crippen molar-refractivity contribution in [2.24, 2.45) is 17.6 Å². The summed E-state index contributed by atoms with van der Waals surface area (Å²) < 4.78 is 0. The molecule has 2 amide bonds. The molecule has 4 N–H and O–H groups in total. The third kappa shape index (κ3) is 5.59. The minimum Gasteiger partial charge on any atom is -0.356 e. The Kier molecular flexibility index (Phi) is 5.79. The van der Waals surface area contributed by atoms with Gasteiger partial charge in [-0.1, -0.05) is 13.8 Å². The lowest BCUT2D eigenvalue weighted by Gasteiger charge is -2.29. The zero-order chi connectivity index (χ0) is 14.5. The highest BCUT2D eigenvalue weighted by molar-refractivity contribution is 5.79. The molecule has 5 nitrogen and oxygen atoms in total. The maximum atomic E-state index is 11.8. The van der Waals surface area contributed by atoms with E-state index in [2.05, 4.69) is 10.6 Å². The summed E-state index contributed by atoms with van der Waals surface area (Å²) in [6, 6.07) is 0. The Labute approximate surface area is 115 Å². The molecule has 19 heavy (non-hydrogen) atoms. The summed E-state index contributed by atoms with van der Waals surface area (Å²) in [5, 5.41) is 5.77. The molecule has 1 rings (SSSR count). The van der Waals surface area contributed by atoms with Gasteiger partial charge in [-0.25, -0.2) is 0 Å². The molecule has 1 aliphatic carbocycles. The van der Waals surface area contributed by atoms with Gasteiger partial charge in [0.25, 0.3) is 0 Å². The average molecular weight is 269 g/mol. The van der Waals surface area contributed by atoms with Crippen molar-refractivity contribution in [2.75, 3.05) is 13.1 Å². The molecular formula is C14H27N3O2. The molecule has 0 heterocycles. The first kappa shape index (κ1) is 16.0. The molecule has 1 fully saturated rings. The van der Waals surface area contributed by atoms with Crippen LogP contribution in [0.3, 0.4) is 0 Å². The summed E-state index contributed by atoms with van der Waals surface area (Å²) in [4.78, 5) is 23.3. The largest absolute Gasteiger partial charge is 0.356 e. The number of amides is 2. The second-order valence-electron chi connectivity index (χ2n) is 6.14. The first-order chi connectivity index (χ1) is 8.87. The van der Waals surface area contributed by atoms with Crippen molar-refractivity contribution < 1.29 is 9.59 Å². The van der Waals surface area contributed by atoms with Gasteiger partial charge in [-0.15, -0.1) is 0 Å². The van der Waals surface area contributed by atoms with E-state index in [4.69, 9.17) is 5.73 Å². The molecular weight excluding hydrogens is 242 g/mol. The molecule has 0 aromatic carbocycles. The molecule has 0 spiro atoms. The van der Waals surface area contributed by atoms with Crippen LogP contribution in [-0.2, 0) is 9.59 Å². The first-order valence-electron chi connectivity index (χ1n) is 7.15. The minimum absolute atomic E-state index is 0.00609. The highest BCUT2D eigenvalue weighted by Gasteiger charge is 2.41. The highest BCUT2D eigenvalue weighted by atomic mass is 16.2. The van der Waals surface area contributed by atoms with Gasteiger partial charge in [-0.2, -0.15) is 0 Å². The van der Waals surface area contributed by atoms with E-state index in [0.29, 0.717) is 37.8 Å². The van der Waals surface area contributed by atoms with Crippen molar-refractivity contribution in [2.45, 2.75) is 52.0 Å². The Morgan fingerprint density at radius 1 is 1.32 bits per heavy atom. The Balaban J connectivity index is 2.22. The molecule has 0 radical (unpaired) electrons. The molecule has 1 saturated carbocycles. The number of nitrogens with two attached hydrogens (primary N) is 1. The van der Waals surface area contributed by atoms with Crippen LogP contribution in [0.5, 0.6) is 0 Å². The van der Waals surface area contributed by atoms with Crippen molar-refractivity contribution in [3.8, 4) is 0 Å². The van der Waals surface area contributed by atoms with Crippen molar-refractivity contribution in [3.05, 3.63) is 0 Å². The number of rotatable bonds is 8. The van der Waals surface area contributed by atoms with Crippen molar-refractivity contribution >= 4 is 11.8 Å². The van der Waals surface area contributed by atoms with E-state index in [-0.39, 0.29) is 17.4 Å². The van der Waals surface area contributed by atoms with Gasteiger partial charge >= 0.3 is 0 Å². The maximum Gasteiger partial charge on any atom is 0.222 e. The van der Waals surface area contributed by atoms with Gasteiger partial charge in [0.15, 0.2) is 0 Å². The van der Waals surface area contributed by atoms with Crippen molar-refractivity contribution in [1.29, 1.82) is 0 Å². The molecule has 0 aromatic heterocycles. The van der Waals surface area contributed by atoms with Gasteiger partial charge in [0.1, 0.15) is 0 Å². The lowest BCUT2D eigenvalue weighted by molar-refractivity contribution is -0.123. The molecule has 0 aromatic rings. The van der Waals surface area contributed by atoms with Crippen LogP contribution >= 0.6 is 0 Å². The third-order valence-corrected chi connectivity index (χ3v) is 3.60. The number of carbonyl (C=O) groups is 2. The van der Waals surface area contributed by atoms with E-state index in [1.807, 2.05) is 20.8 Å². The molecule has 1 unspecified atom stereocenters. The SMILES string of the molecule is CC(C)CC(=O)NCCC(=O)NC(C)(CN)C1CC1. The standard InChI is InChI=1S/C14H27N3O2/c1-10(2)8-13(19)16-7-6-12(18)17-14(3,9-15)11-4-5-11/h10-11H,4-9,15H2,1-3H3,(H,16,19)(H,17,18). The van der Waals surface area contributed by atoms with Crippen LogP contribution in [-0.4, -0.2) is 30.4 Å². The quantitative estimate of drug-likeness (QED) is 0.609. The van der Waals surface area contributed by atoms with Gasteiger partial charge in [0.2, 0.25) is 11.8 Å². The smallest absolute Gasteiger partial charge is 0.222 e. The van der Waals surface area contributed by atoms with Crippen LogP contribution < -0.4 is 16.4 Å². The summed E-state index contributed by atoms with van der Waals surface area (Å²) in [7, 11) is 0. The topological polar surface area (TPSA) is 84.2 Å². The average Bonchev–Trinajstić information content (AvgIpc) is 3.11. The molecule has 5 heteroatoms. The number of hydrogen-bond acceptors (Lipinski definition) is 3. The summed E-state index contributed by atoms with van der Waals surface area (Å²) in [5.41, 5.74) is 5.46. The molecule has 1 atom stereocenters. The number of carbonyl (C=O) groups excluding carboxylic acids is 2. The van der Waals surface area contributed by atoms with Gasteiger partial charge in [-0.3, -0.25) is 9.59 Å². The zero-order valence-electron chi connectivity index (χ0n) is 12.3. The number of nitrogens with one attached hydrogen (secondary N) is 2. The van der Waals surface area contributed by atoms with E-state index < -0.39 is 0 Å². The molecule has 0 bridgehead atoms. The predicted octanol–water partition coefficient (Wildman–Crippen LogP) is 0.782. The second-order valence-corrected chi connectivity index (χ2v) is 6.14. The van der Waals surface area contributed by atoms with E-state index in [1.54, 1.807) is 0 Å². The Morgan fingerprint density at radius 2 is 1.95 bits per heavy atom. The van der Waals surface area contributed by atoms with E-state index >= 15 is 0 Å². The van der Waals surface area contributed by atoms with Gasteiger partial charge < -0.3 is 16.4 Å². The Bertz CT molecular complexity index is 327. The van der Waals surface area contributed by atoms with Crippen LogP contribution in [0.15, 0.2) is 0 Å². The summed E-state index contributed by atoms with van der Waals surface area (Å²) in [6.45, 7) is 6.84. The maximum absolute atomic E-state index is 11.8. The van der Waals surface area contributed by atoms with Crippen LogP contribution in [0, 0.1) is 11.8 Å². The van der Waals surface area contributed by atoms with Crippen LogP contribution in [0.1, 0.15) is 46.5 Å². The van der Waals surface area contributed by atoms with Gasteiger partial charge in [0.05, 0.1) is 5.54 Å². The molecule has 110 valence electrons. The van der Waals surface area contributed by atoms with E-state index in [9.17, 15) is 9.59 Å². The molecule has 0 aliphatic heterocycles. The fraction of sp³-hybridized carbons (Fsp3) is 0.857. The Hall–Kier alpha value is -1.10. The summed E-state index contributed by atoms with van der Waals surface area (Å²) in [5.74, 6) is 0.817. The normalized spacial score (nSPS) is 17.9. The van der Waals surface area contributed by atoms with Gasteiger partial charge in [-0.05, 0) is 31.6 Å². The van der Waals surface area contributed by atoms with Crippen LogP contribution in [0.4, 0.5) is 0 Å². The highest BCUT2D eigenvalue weighted by Crippen LogP contribution is 2.38. The first-order valence-corrected chi connectivity index (χ1v) is 7.15. The minimum atomic E-state index is -0.279. The lowest BCUT2D eigenvalue weighted by Crippen LogP contribution is -2.53. The summed E-state index contributed by atoms with van der Waals surface area (Å²) >= 11 is 0. The third-order valence-electron chi connectivity index (χ3n) is 3.60. The predicted molar refractivity (Wildman–Crippen MR) is 75.4 cm³/mol. The zero-order valence-corrected chi connectivity index (χ0v) is 12.3. The lowest BCUT2D eigenvalue weighted by atomic mass is 9.96. The second kappa shape index (κ2) is 6.89. The Morgan fingerprint density at radius 3 is 2.42 bits per heavy atom. The number of hydrogen-bond donors (Lipinski definition) is 3. The van der Waals surface area contributed by atoms with Crippen molar-refractivity contribution in [3.63, 3.8) is 0 Å². The fourth-order valence-corrected chi connectivity index (χ4v) is 2.18. The van der Waals surface area contributed by atoms with E-state index in [1.165, 1.54) is 0 Å². The summed E-state index contributed by atoms with van der Waals surface area (Å²) in [6.07, 6.45) is 3.09. The molecule has 0 saturated heterocycles. The monoisotopic (exact) mass is 269 g/mol. The fourth-order valence-electron chi connectivity index (χ4n) is 2.18.